The van der Waals surface area contributed by atoms with Gasteiger partial charge in [-0.05, 0) is 41.1 Å². The Morgan fingerprint density at radius 2 is 2.25 bits per heavy atom. The first kappa shape index (κ1) is 15.7. The van der Waals surface area contributed by atoms with Gasteiger partial charge in [-0.15, -0.1) is 12.4 Å². The zero-order valence-corrected chi connectivity index (χ0v) is 11.8. The normalized spacial score (nSPS) is 11.5. The highest BCUT2D eigenvalue weighted by Gasteiger charge is 2.11. The van der Waals surface area contributed by atoms with Gasteiger partial charge in [0.2, 0.25) is 0 Å². The van der Waals surface area contributed by atoms with Crippen molar-refractivity contribution in [3.8, 4) is 0 Å². The van der Waals surface area contributed by atoms with Gasteiger partial charge in [0.1, 0.15) is 0 Å². The van der Waals surface area contributed by atoms with Gasteiger partial charge in [0.15, 0.2) is 0 Å². The van der Waals surface area contributed by atoms with E-state index in [0.29, 0.717) is 21.6 Å². The molecular weight excluding hydrogens is 315 g/mol. The highest BCUT2D eigenvalue weighted by molar-refractivity contribution is 9.10. The van der Waals surface area contributed by atoms with Crippen molar-refractivity contribution < 1.29 is 4.79 Å². The molecule has 1 aromatic rings. The van der Waals surface area contributed by atoms with Gasteiger partial charge in [0.05, 0.1) is 5.56 Å². The number of carbonyl (C=O) groups excluding carboxylic acids is 1. The molecule has 1 rings (SSSR count). The lowest BCUT2D eigenvalue weighted by Crippen LogP contribution is -2.37. The first-order valence-electron chi connectivity index (χ1n) is 4.50. The standard InChI is InChI=1S/C10H12BrClN2O.ClH/c1-6(5-13)14-10(15)8-3-2-7(12)4-9(8)11;/h2-4,6H,5,13H2,1H3,(H,14,15);1H/t6-;/m1./s1. The summed E-state index contributed by atoms with van der Waals surface area (Å²) < 4.78 is 0.678. The summed E-state index contributed by atoms with van der Waals surface area (Å²) >= 11 is 9.06. The molecule has 3 N–H and O–H groups in total. The predicted molar refractivity (Wildman–Crippen MR) is 72.4 cm³/mol. The summed E-state index contributed by atoms with van der Waals surface area (Å²) in [5.41, 5.74) is 5.97. The minimum Gasteiger partial charge on any atom is -0.348 e. The summed E-state index contributed by atoms with van der Waals surface area (Å²) in [6, 6.07) is 4.99. The van der Waals surface area contributed by atoms with Crippen LogP contribution in [0.1, 0.15) is 17.3 Å². The molecule has 0 aliphatic rings. The molecule has 3 nitrogen and oxygen atoms in total. The zero-order valence-electron chi connectivity index (χ0n) is 8.67. The van der Waals surface area contributed by atoms with Crippen LogP contribution in [-0.4, -0.2) is 18.5 Å². The van der Waals surface area contributed by atoms with Crippen molar-refractivity contribution in [2.75, 3.05) is 6.54 Å². The Kier molecular flexibility index (Phi) is 6.99. The van der Waals surface area contributed by atoms with E-state index in [2.05, 4.69) is 21.2 Å². The van der Waals surface area contributed by atoms with Crippen LogP contribution in [0, 0.1) is 0 Å². The Morgan fingerprint density at radius 1 is 1.62 bits per heavy atom. The molecule has 0 bridgehead atoms. The van der Waals surface area contributed by atoms with Gasteiger partial charge in [0.25, 0.3) is 5.91 Å². The maximum Gasteiger partial charge on any atom is 0.252 e. The van der Waals surface area contributed by atoms with E-state index in [4.69, 9.17) is 17.3 Å². The molecule has 1 aromatic carbocycles. The van der Waals surface area contributed by atoms with Crippen LogP contribution < -0.4 is 11.1 Å². The molecule has 0 fully saturated rings. The third kappa shape index (κ3) is 4.29. The number of carbonyl (C=O) groups is 1. The first-order valence-corrected chi connectivity index (χ1v) is 5.67. The quantitative estimate of drug-likeness (QED) is 0.896. The SMILES string of the molecule is C[C@H](CN)NC(=O)c1ccc(Cl)cc1Br.Cl. The van der Waals surface area contributed by atoms with Crippen LogP contribution in [0.5, 0.6) is 0 Å². The van der Waals surface area contributed by atoms with Crippen molar-refractivity contribution in [3.05, 3.63) is 33.3 Å². The van der Waals surface area contributed by atoms with E-state index in [1.54, 1.807) is 18.2 Å². The number of benzene rings is 1. The molecule has 0 aliphatic heterocycles. The summed E-state index contributed by atoms with van der Waals surface area (Å²) in [4.78, 5) is 11.7. The molecule has 0 spiro atoms. The van der Waals surface area contributed by atoms with Crippen molar-refractivity contribution in [1.29, 1.82) is 0 Å². The van der Waals surface area contributed by atoms with Gasteiger partial charge in [-0.3, -0.25) is 4.79 Å². The molecule has 0 saturated carbocycles. The Morgan fingerprint density at radius 3 is 2.75 bits per heavy atom. The summed E-state index contributed by atoms with van der Waals surface area (Å²) in [5.74, 6) is -0.156. The van der Waals surface area contributed by atoms with Gasteiger partial charge in [-0.1, -0.05) is 11.6 Å². The van der Waals surface area contributed by atoms with Crippen LogP contribution in [0.2, 0.25) is 5.02 Å². The Labute approximate surface area is 114 Å². The third-order valence-electron chi connectivity index (χ3n) is 1.91. The fraction of sp³-hybridized carbons (Fsp3) is 0.300. The number of nitrogens with two attached hydrogens (primary N) is 1. The molecule has 0 unspecified atom stereocenters. The number of hydrogen-bond donors (Lipinski definition) is 2. The monoisotopic (exact) mass is 326 g/mol. The van der Waals surface area contributed by atoms with Crippen molar-refractivity contribution >= 4 is 45.8 Å². The maximum atomic E-state index is 11.7. The minimum atomic E-state index is -0.156. The van der Waals surface area contributed by atoms with E-state index in [-0.39, 0.29) is 24.4 Å². The second kappa shape index (κ2) is 7.12. The van der Waals surface area contributed by atoms with E-state index in [0.717, 1.165) is 0 Å². The second-order valence-corrected chi connectivity index (χ2v) is 4.53. The van der Waals surface area contributed by atoms with Gasteiger partial charge < -0.3 is 11.1 Å². The van der Waals surface area contributed by atoms with E-state index < -0.39 is 0 Å². The van der Waals surface area contributed by atoms with Crippen LogP contribution >= 0.6 is 39.9 Å². The summed E-state index contributed by atoms with van der Waals surface area (Å²) in [6.07, 6.45) is 0. The highest BCUT2D eigenvalue weighted by atomic mass is 79.9. The van der Waals surface area contributed by atoms with Crippen molar-refractivity contribution in [2.24, 2.45) is 5.73 Å². The molecule has 0 saturated heterocycles. The van der Waals surface area contributed by atoms with Gasteiger partial charge in [-0.2, -0.15) is 0 Å². The van der Waals surface area contributed by atoms with Gasteiger partial charge in [-0.25, -0.2) is 0 Å². The molecule has 1 amide bonds. The predicted octanol–water partition coefficient (Wildman–Crippen LogP) is 2.60. The van der Waals surface area contributed by atoms with Crippen LogP contribution in [-0.2, 0) is 0 Å². The maximum absolute atomic E-state index is 11.7. The molecule has 0 radical (unpaired) electrons. The average Bonchev–Trinajstić information content (AvgIpc) is 2.17. The lowest BCUT2D eigenvalue weighted by Gasteiger charge is -2.12. The zero-order chi connectivity index (χ0) is 11.4. The van der Waals surface area contributed by atoms with E-state index in [1.807, 2.05) is 6.92 Å². The number of hydrogen-bond acceptors (Lipinski definition) is 2. The third-order valence-corrected chi connectivity index (χ3v) is 2.80. The van der Waals surface area contributed by atoms with Crippen molar-refractivity contribution in [1.82, 2.24) is 5.32 Å². The molecule has 0 aliphatic carbocycles. The van der Waals surface area contributed by atoms with Gasteiger partial charge in [0, 0.05) is 22.1 Å². The molecule has 6 heteroatoms. The molecule has 1 atom stereocenters. The van der Waals surface area contributed by atoms with Crippen molar-refractivity contribution in [3.63, 3.8) is 0 Å². The summed E-state index contributed by atoms with van der Waals surface area (Å²) in [5, 5.41) is 3.36. The summed E-state index contributed by atoms with van der Waals surface area (Å²) in [7, 11) is 0. The number of amides is 1. The first-order chi connectivity index (χ1) is 7.04. The van der Waals surface area contributed by atoms with Crippen LogP contribution in [0.4, 0.5) is 0 Å². The molecule has 0 aromatic heterocycles. The van der Waals surface area contributed by atoms with E-state index in [1.165, 1.54) is 0 Å². The fourth-order valence-corrected chi connectivity index (χ4v) is 1.90. The van der Waals surface area contributed by atoms with E-state index in [9.17, 15) is 4.79 Å². The number of nitrogens with one attached hydrogen (secondary N) is 1. The smallest absolute Gasteiger partial charge is 0.252 e. The molecular formula is C10H13BrCl2N2O. The van der Waals surface area contributed by atoms with Crippen LogP contribution in [0.3, 0.4) is 0 Å². The second-order valence-electron chi connectivity index (χ2n) is 3.23. The molecule has 0 heterocycles. The average molecular weight is 328 g/mol. The van der Waals surface area contributed by atoms with E-state index >= 15 is 0 Å². The Hall–Kier alpha value is -0.290. The number of halogens is 3. The fourth-order valence-electron chi connectivity index (χ4n) is 1.03. The van der Waals surface area contributed by atoms with Crippen molar-refractivity contribution in [2.45, 2.75) is 13.0 Å². The minimum absolute atomic E-state index is 0. The Bertz CT molecular complexity index is 374. The highest BCUT2D eigenvalue weighted by Crippen LogP contribution is 2.21. The summed E-state index contributed by atoms with van der Waals surface area (Å²) in [6.45, 7) is 2.26. The lowest BCUT2D eigenvalue weighted by atomic mass is 10.2. The van der Waals surface area contributed by atoms with Crippen LogP contribution in [0.15, 0.2) is 22.7 Å². The molecule has 16 heavy (non-hydrogen) atoms. The topological polar surface area (TPSA) is 55.1 Å². The lowest BCUT2D eigenvalue weighted by molar-refractivity contribution is 0.0940. The van der Waals surface area contributed by atoms with Crippen LogP contribution in [0.25, 0.3) is 0 Å². The van der Waals surface area contributed by atoms with Gasteiger partial charge >= 0.3 is 0 Å². The Balaban J connectivity index is 0.00000225. The molecule has 90 valence electrons. The number of rotatable bonds is 3. The largest absolute Gasteiger partial charge is 0.348 e.